The van der Waals surface area contributed by atoms with Crippen molar-refractivity contribution in [1.29, 1.82) is 0 Å². The summed E-state index contributed by atoms with van der Waals surface area (Å²) in [6.07, 6.45) is 0.506. The number of carbonyl (C=O) groups excluding carboxylic acids is 3. The quantitative estimate of drug-likeness (QED) is 0.596. The molecule has 27 heavy (non-hydrogen) atoms. The molecule has 7 nitrogen and oxygen atoms in total. The molecule has 1 aromatic rings. The molecule has 1 aromatic carbocycles. The van der Waals surface area contributed by atoms with Crippen LogP contribution in [0, 0.1) is 0 Å². The first-order valence-corrected chi connectivity index (χ1v) is 8.80. The summed E-state index contributed by atoms with van der Waals surface area (Å²) in [7, 11) is 1.47. The summed E-state index contributed by atoms with van der Waals surface area (Å²) < 4.78 is 27.0. The summed E-state index contributed by atoms with van der Waals surface area (Å²) in [5.41, 5.74) is 2.04. The number of rotatable bonds is 7. The molecular weight excluding hydrogens is 358 g/mol. The van der Waals surface area contributed by atoms with Crippen LogP contribution >= 0.6 is 0 Å². The molecule has 0 saturated carbocycles. The molecule has 0 aromatic heterocycles. The number of halogens is 2. The molecule has 146 valence electrons. The van der Waals surface area contributed by atoms with Gasteiger partial charge in [-0.1, -0.05) is 12.1 Å². The lowest BCUT2D eigenvalue weighted by Gasteiger charge is -2.29. The summed E-state index contributed by atoms with van der Waals surface area (Å²) in [4.78, 5) is 37.4. The summed E-state index contributed by atoms with van der Waals surface area (Å²) in [5.74, 6) is -3.88. The van der Waals surface area contributed by atoms with Gasteiger partial charge in [-0.3, -0.25) is 19.7 Å². The SMILES string of the molecule is CNCC(F)(F)CNCc1ccc2c(c1)CN(C1CCC(=O)NC1=O)C2=O. The minimum absolute atomic E-state index is 0.201. The highest BCUT2D eigenvalue weighted by Crippen LogP contribution is 2.28. The standard InChI is InChI=1S/C18H22F2N4O3/c1-21-9-18(19,20)10-22-7-11-2-3-13-12(6-11)8-24(17(13)27)14-4-5-15(25)23-16(14)26/h2-3,6,14,21-22H,4-5,7-10H2,1H3,(H,23,25,26). The highest BCUT2D eigenvalue weighted by atomic mass is 19.3. The molecule has 3 rings (SSSR count). The number of hydrogen-bond acceptors (Lipinski definition) is 5. The number of nitrogens with one attached hydrogen (secondary N) is 3. The van der Waals surface area contributed by atoms with Crippen LogP contribution in [0.1, 0.15) is 34.3 Å². The van der Waals surface area contributed by atoms with Gasteiger partial charge in [0.1, 0.15) is 6.04 Å². The van der Waals surface area contributed by atoms with E-state index in [0.29, 0.717) is 12.0 Å². The minimum atomic E-state index is -2.84. The van der Waals surface area contributed by atoms with Crippen molar-refractivity contribution in [2.45, 2.75) is 37.9 Å². The Kier molecular flexibility index (Phi) is 5.52. The first kappa shape index (κ1) is 19.4. The van der Waals surface area contributed by atoms with E-state index in [1.165, 1.54) is 11.9 Å². The van der Waals surface area contributed by atoms with E-state index in [0.717, 1.165) is 11.1 Å². The lowest BCUT2D eigenvalue weighted by Crippen LogP contribution is -2.52. The normalized spacial score (nSPS) is 20.0. The predicted molar refractivity (Wildman–Crippen MR) is 93.1 cm³/mol. The summed E-state index contributed by atoms with van der Waals surface area (Å²) in [6.45, 7) is -0.338. The van der Waals surface area contributed by atoms with Crippen LogP contribution in [0.15, 0.2) is 18.2 Å². The molecule has 3 amide bonds. The lowest BCUT2D eigenvalue weighted by molar-refractivity contribution is -0.136. The average molecular weight is 380 g/mol. The number of hydrogen-bond donors (Lipinski definition) is 3. The molecule has 2 aliphatic heterocycles. The molecule has 1 saturated heterocycles. The molecule has 0 aliphatic carbocycles. The third-order valence-electron chi connectivity index (χ3n) is 4.74. The van der Waals surface area contributed by atoms with Crippen LogP contribution in [0.4, 0.5) is 8.78 Å². The molecule has 2 aliphatic rings. The van der Waals surface area contributed by atoms with Crippen molar-refractivity contribution in [1.82, 2.24) is 20.9 Å². The molecule has 1 fully saturated rings. The van der Waals surface area contributed by atoms with Gasteiger partial charge in [0.15, 0.2) is 0 Å². The second-order valence-electron chi connectivity index (χ2n) is 6.88. The molecule has 0 spiro atoms. The molecule has 2 heterocycles. The van der Waals surface area contributed by atoms with Crippen molar-refractivity contribution < 1.29 is 23.2 Å². The zero-order valence-electron chi connectivity index (χ0n) is 15.0. The number of fused-ring (bicyclic) bond motifs is 1. The largest absolute Gasteiger partial charge is 0.322 e. The lowest BCUT2D eigenvalue weighted by atomic mass is 10.0. The minimum Gasteiger partial charge on any atom is -0.322 e. The van der Waals surface area contributed by atoms with E-state index in [2.05, 4.69) is 16.0 Å². The summed E-state index contributed by atoms with van der Waals surface area (Å²) >= 11 is 0. The Labute approximate surface area is 155 Å². The molecule has 9 heteroatoms. The maximum absolute atomic E-state index is 13.5. The van der Waals surface area contributed by atoms with Gasteiger partial charge in [-0.25, -0.2) is 8.78 Å². The van der Waals surface area contributed by atoms with Crippen LogP contribution in [0.3, 0.4) is 0 Å². The van der Waals surface area contributed by atoms with E-state index in [4.69, 9.17) is 0 Å². The number of amides is 3. The fraction of sp³-hybridized carbons (Fsp3) is 0.500. The number of piperidine rings is 1. The van der Waals surface area contributed by atoms with Gasteiger partial charge in [-0.05, 0) is 30.7 Å². The van der Waals surface area contributed by atoms with Crippen LogP contribution in [0.5, 0.6) is 0 Å². The van der Waals surface area contributed by atoms with Gasteiger partial charge in [0.05, 0.1) is 13.1 Å². The summed E-state index contributed by atoms with van der Waals surface area (Å²) in [5, 5.41) is 7.44. The summed E-state index contributed by atoms with van der Waals surface area (Å²) in [6, 6.07) is 4.51. The van der Waals surface area contributed by atoms with Crippen LogP contribution < -0.4 is 16.0 Å². The predicted octanol–water partition coefficient (Wildman–Crippen LogP) is 0.392. The van der Waals surface area contributed by atoms with Gasteiger partial charge in [0.25, 0.3) is 11.8 Å². The highest BCUT2D eigenvalue weighted by Gasteiger charge is 2.39. The van der Waals surface area contributed by atoms with Crippen LogP contribution in [0.2, 0.25) is 0 Å². The molecule has 1 unspecified atom stereocenters. The van der Waals surface area contributed by atoms with E-state index >= 15 is 0 Å². The van der Waals surface area contributed by atoms with Crippen molar-refractivity contribution in [2.75, 3.05) is 20.1 Å². The smallest absolute Gasteiger partial charge is 0.272 e. The third-order valence-corrected chi connectivity index (χ3v) is 4.74. The maximum Gasteiger partial charge on any atom is 0.272 e. The van der Waals surface area contributed by atoms with E-state index in [1.54, 1.807) is 18.2 Å². The second-order valence-corrected chi connectivity index (χ2v) is 6.88. The first-order chi connectivity index (χ1) is 12.8. The average Bonchev–Trinajstić information content (AvgIpc) is 2.91. The molecule has 0 radical (unpaired) electrons. The fourth-order valence-electron chi connectivity index (χ4n) is 3.45. The van der Waals surface area contributed by atoms with Gasteiger partial charge in [-0.2, -0.15) is 0 Å². The van der Waals surface area contributed by atoms with Gasteiger partial charge < -0.3 is 15.5 Å². The van der Waals surface area contributed by atoms with E-state index < -0.39 is 31.0 Å². The van der Waals surface area contributed by atoms with Crippen molar-refractivity contribution in [2.24, 2.45) is 0 Å². The Morgan fingerprint density at radius 3 is 2.74 bits per heavy atom. The van der Waals surface area contributed by atoms with Gasteiger partial charge in [0, 0.05) is 25.1 Å². The number of benzene rings is 1. The Bertz CT molecular complexity index is 769. The van der Waals surface area contributed by atoms with Crippen LogP contribution in [-0.4, -0.2) is 54.7 Å². The topological polar surface area (TPSA) is 90.5 Å². The van der Waals surface area contributed by atoms with Crippen LogP contribution in [0.25, 0.3) is 0 Å². The van der Waals surface area contributed by atoms with E-state index in [9.17, 15) is 23.2 Å². The van der Waals surface area contributed by atoms with Crippen molar-refractivity contribution in [3.63, 3.8) is 0 Å². The van der Waals surface area contributed by atoms with Gasteiger partial charge >= 0.3 is 0 Å². The van der Waals surface area contributed by atoms with Gasteiger partial charge in [0.2, 0.25) is 11.8 Å². The Morgan fingerprint density at radius 1 is 1.26 bits per heavy atom. The Hall–Kier alpha value is -2.39. The zero-order valence-corrected chi connectivity index (χ0v) is 15.0. The molecule has 0 bridgehead atoms. The number of nitrogens with zero attached hydrogens (tertiary/aromatic N) is 1. The number of imide groups is 1. The highest BCUT2D eigenvalue weighted by molar-refractivity contribution is 6.05. The first-order valence-electron chi connectivity index (χ1n) is 8.80. The van der Waals surface area contributed by atoms with Crippen LogP contribution in [-0.2, 0) is 22.7 Å². The van der Waals surface area contributed by atoms with E-state index in [-0.39, 0.29) is 31.3 Å². The molecule has 3 N–H and O–H groups in total. The second kappa shape index (κ2) is 7.69. The van der Waals surface area contributed by atoms with E-state index in [1.807, 2.05) is 0 Å². The van der Waals surface area contributed by atoms with Crippen molar-refractivity contribution >= 4 is 17.7 Å². The molecule has 1 atom stereocenters. The Morgan fingerprint density at radius 2 is 2.04 bits per heavy atom. The number of alkyl halides is 2. The van der Waals surface area contributed by atoms with Gasteiger partial charge in [-0.15, -0.1) is 0 Å². The third kappa shape index (κ3) is 4.30. The monoisotopic (exact) mass is 380 g/mol. The Balaban J connectivity index is 1.63. The fourth-order valence-corrected chi connectivity index (χ4v) is 3.45. The zero-order chi connectivity index (χ0) is 19.6. The maximum atomic E-state index is 13.5. The molecular formula is C18H22F2N4O3. The van der Waals surface area contributed by atoms with Crippen molar-refractivity contribution in [3.05, 3.63) is 34.9 Å². The van der Waals surface area contributed by atoms with Crippen molar-refractivity contribution in [3.8, 4) is 0 Å². The number of carbonyl (C=O) groups is 3.